The van der Waals surface area contributed by atoms with Gasteiger partial charge in [0.15, 0.2) is 0 Å². The van der Waals surface area contributed by atoms with E-state index in [0.717, 1.165) is 17.4 Å². The molecule has 3 aromatic rings. The number of anilines is 1. The van der Waals surface area contributed by atoms with E-state index >= 15 is 0 Å². The van der Waals surface area contributed by atoms with E-state index < -0.39 is 0 Å². The Morgan fingerprint density at radius 2 is 1.78 bits per heavy atom. The first-order valence-electron chi connectivity index (χ1n) is 7.92. The third-order valence-electron chi connectivity index (χ3n) is 3.93. The number of carbonyl (C=O) groups excluding carboxylic acids is 1. The van der Waals surface area contributed by atoms with Crippen LogP contribution in [-0.2, 0) is 0 Å². The number of thiocarbonyl (C=S) groups is 1. The van der Waals surface area contributed by atoms with Gasteiger partial charge in [-0.3, -0.25) is 9.69 Å². The maximum atomic E-state index is 12.4. The van der Waals surface area contributed by atoms with E-state index in [1.165, 1.54) is 4.90 Å². The monoisotopic (exact) mass is 431 g/mol. The van der Waals surface area contributed by atoms with E-state index in [9.17, 15) is 4.79 Å². The molecule has 0 radical (unpaired) electrons. The number of halogens is 2. The van der Waals surface area contributed by atoms with Gasteiger partial charge < -0.3 is 4.42 Å². The summed E-state index contributed by atoms with van der Waals surface area (Å²) in [6, 6.07) is 18.3. The minimum atomic E-state index is -0.137. The molecule has 3 nitrogen and oxygen atoms in total. The summed E-state index contributed by atoms with van der Waals surface area (Å²) >= 11 is 18.9. The maximum absolute atomic E-state index is 12.4. The molecule has 27 heavy (non-hydrogen) atoms. The highest BCUT2D eigenvalue weighted by Crippen LogP contribution is 2.38. The van der Waals surface area contributed by atoms with E-state index in [1.807, 2.05) is 48.5 Å². The Morgan fingerprint density at radius 1 is 1.00 bits per heavy atom. The van der Waals surface area contributed by atoms with Crippen LogP contribution >= 0.6 is 47.2 Å². The van der Waals surface area contributed by atoms with Gasteiger partial charge in [0.1, 0.15) is 16.5 Å². The van der Waals surface area contributed by atoms with Crippen LogP contribution in [0.3, 0.4) is 0 Å². The zero-order valence-electron chi connectivity index (χ0n) is 13.7. The lowest BCUT2D eigenvalue weighted by Gasteiger charge is -2.14. The number of para-hydroxylation sites is 1. The Labute approximate surface area is 175 Å². The van der Waals surface area contributed by atoms with Gasteiger partial charge in [0.05, 0.1) is 20.6 Å². The molecule has 0 bridgehead atoms. The zero-order valence-corrected chi connectivity index (χ0v) is 16.8. The molecule has 0 unspecified atom stereocenters. The van der Waals surface area contributed by atoms with Gasteiger partial charge in [-0.05, 0) is 54.2 Å². The van der Waals surface area contributed by atoms with Crippen molar-refractivity contribution in [3.8, 4) is 11.3 Å². The summed E-state index contributed by atoms with van der Waals surface area (Å²) in [4.78, 5) is 15.0. The van der Waals surface area contributed by atoms with Crippen LogP contribution in [0.1, 0.15) is 5.76 Å². The van der Waals surface area contributed by atoms with Crippen molar-refractivity contribution in [3.63, 3.8) is 0 Å². The Balaban J connectivity index is 1.64. The van der Waals surface area contributed by atoms with E-state index in [0.29, 0.717) is 37.0 Å². The van der Waals surface area contributed by atoms with E-state index in [2.05, 4.69) is 0 Å². The molecule has 1 fully saturated rings. The van der Waals surface area contributed by atoms with E-state index in [1.54, 1.807) is 18.2 Å². The standard InChI is InChI=1S/C20H11Cl2NO2S2/c21-15-8-4-7-14(18(15)22)16-10-9-13(25-16)11-17-19(26)23(20(24)27-17)12-5-2-1-3-6-12/h1-11H/b17-11-. The average Bonchev–Trinajstić information content (AvgIpc) is 3.23. The lowest BCUT2D eigenvalue weighted by Crippen LogP contribution is -2.26. The molecule has 1 aromatic heterocycles. The van der Waals surface area contributed by atoms with Crippen LogP contribution in [0.25, 0.3) is 17.4 Å². The molecule has 1 aliphatic rings. The largest absolute Gasteiger partial charge is 0.457 e. The number of amides is 1. The minimum absolute atomic E-state index is 0.137. The molecule has 134 valence electrons. The van der Waals surface area contributed by atoms with Crippen LogP contribution in [0.2, 0.25) is 10.0 Å². The van der Waals surface area contributed by atoms with Gasteiger partial charge in [-0.25, -0.2) is 0 Å². The lowest BCUT2D eigenvalue weighted by molar-refractivity contribution is 0.268. The first-order chi connectivity index (χ1) is 13.0. The van der Waals surface area contributed by atoms with Gasteiger partial charge >= 0.3 is 0 Å². The van der Waals surface area contributed by atoms with Crippen molar-refractivity contribution in [2.75, 3.05) is 4.90 Å². The molecule has 7 heteroatoms. The van der Waals surface area contributed by atoms with Gasteiger partial charge in [-0.2, -0.15) is 0 Å². The van der Waals surface area contributed by atoms with Gasteiger partial charge in [0.2, 0.25) is 0 Å². The topological polar surface area (TPSA) is 33.5 Å². The molecular weight excluding hydrogens is 421 g/mol. The zero-order chi connectivity index (χ0) is 19.0. The molecule has 2 aromatic carbocycles. The molecular formula is C20H11Cl2NO2S2. The quantitative estimate of drug-likeness (QED) is 0.321. The molecule has 1 saturated heterocycles. The van der Waals surface area contributed by atoms with E-state index in [4.69, 9.17) is 39.8 Å². The van der Waals surface area contributed by atoms with Crippen LogP contribution in [0.5, 0.6) is 0 Å². The van der Waals surface area contributed by atoms with Gasteiger partial charge in [0.25, 0.3) is 5.24 Å². The minimum Gasteiger partial charge on any atom is -0.457 e. The normalized spacial score (nSPS) is 15.8. The SMILES string of the molecule is O=C1S/C(=C\c2ccc(-c3cccc(Cl)c3Cl)o2)C(=S)N1c1ccccc1. The molecule has 0 spiro atoms. The number of nitrogens with zero attached hydrogens (tertiary/aromatic N) is 1. The van der Waals surface area contributed by atoms with Gasteiger partial charge in [-0.15, -0.1) is 0 Å². The summed E-state index contributed by atoms with van der Waals surface area (Å²) in [7, 11) is 0. The van der Waals surface area contributed by atoms with Crippen molar-refractivity contribution in [1.29, 1.82) is 0 Å². The second kappa shape index (κ2) is 7.52. The fourth-order valence-corrected chi connectivity index (χ4v) is 4.32. The first-order valence-corrected chi connectivity index (χ1v) is 9.90. The van der Waals surface area contributed by atoms with Gasteiger partial charge in [0, 0.05) is 5.56 Å². The number of carbonyl (C=O) groups is 1. The van der Waals surface area contributed by atoms with Crippen molar-refractivity contribution >= 4 is 69.2 Å². The fourth-order valence-electron chi connectivity index (χ4n) is 2.67. The molecule has 1 amide bonds. The Bertz CT molecular complexity index is 1080. The van der Waals surface area contributed by atoms with Crippen molar-refractivity contribution in [3.05, 3.63) is 81.4 Å². The maximum Gasteiger partial charge on any atom is 0.296 e. The summed E-state index contributed by atoms with van der Waals surface area (Å²) in [6.07, 6.45) is 1.76. The highest BCUT2D eigenvalue weighted by molar-refractivity contribution is 8.20. The Morgan fingerprint density at radius 3 is 2.56 bits per heavy atom. The second-order valence-corrected chi connectivity index (χ2v) is 7.82. The summed E-state index contributed by atoms with van der Waals surface area (Å²) < 4.78 is 5.87. The van der Waals surface area contributed by atoms with Crippen LogP contribution in [0.15, 0.2) is 70.0 Å². The van der Waals surface area contributed by atoms with Crippen molar-refractivity contribution in [1.82, 2.24) is 0 Å². The van der Waals surface area contributed by atoms with Crippen LogP contribution in [-0.4, -0.2) is 10.2 Å². The van der Waals surface area contributed by atoms with Crippen molar-refractivity contribution in [2.24, 2.45) is 0 Å². The number of hydrogen-bond acceptors (Lipinski definition) is 4. The smallest absolute Gasteiger partial charge is 0.296 e. The molecule has 0 atom stereocenters. The fraction of sp³-hybridized carbons (Fsp3) is 0. The molecule has 0 saturated carbocycles. The summed E-state index contributed by atoms with van der Waals surface area (Å²) in [5.41, 5.74) is 1.45. The number of furan rings is 1. The Kier molecular flexibility index (Phi) is 5.10. The summed E-state index contributed by atoms with van der Waals surface area (Å²) in [5, 5.41) is 0.758. The first kappa shape index (κ1) is 18.3. The summed E-state index contributed by atoms with van der Waals surface area (Å²) in [5.74, 6) is 1.17. The molecule has 2 heterocycles. The highest BCUT2D eigenvalue weighted by atomic mass is 35.5. The van der Waals surface area contributed by atoms with Crippen molar-refractivity contribution in [2.45, 2.75) is 0 Å². The number of rotatable bonds is 3. The number of hydrogen-bond donors (Lipinski definition) is 0. The Hall–Kier alpha value is -2.05. The van der Waals surface area contributed by atoms with Crippen LogP contribution < -0.4 is 4.90 Å². The molecule has 0 N–H and O–H groups in total. The van der Waals surface area contributed by atoms with Crippen LogP contribution in [0.4, 0.5) is 10.5 Å². The second-order valence-electron chi connectivity index (χ2n) is 5.66. The third-order valence-corrected chi connectivity index (χ3v) is 6.16. The van der Waals surface area contributed by atoms with Crippen LogP contribution in [0, 0.1) is 0 Å². The highest BCUT2D eigenvalue weighted by Gasteiger charge is 2.33. The van der Waals surface area contributed by atoms with Gasteiger partial charge in [-0.1, -0.05) is 59.7 Å². The lowest BCUT2D eigenvalue weighted by atomic mass is 10.2. The molecule has 4 rings (SSSR count). The third kappa shape index (κ3) is 3.56. The number of benzene rings is 2. The predicted octanol–water partition coefficient (Wildman–Crippen LogP) is 7.30. The predicted molar refractivity (Wildman–Crippen MR) is 117 cm³/mol. The average molecular weight is 432 g/mol. The van der Waals surface area contributed by atoms with Crippen molar-refractivity contribution < 1.29 is 9.21 Å². The number of thioether (sulfide) groups is 1. The molecule has 1 aliphatic heterocycles. The summed E-state index contributed by atoms with van der Waals surface area (Å²) in [6.45, 7) is 0. The molecule has 0 aliphatic carbocycles. The van der Waals surface area contributed by atoms with E-state index in [-0.39, 0.29) is 5.24 Å².